The number of fused-ring (bicyclic) bond motifs is 1. The van der Waals surface area contributed by atoms with Gasteiger partial charge in [0.25, 0.3) is 0 Å². The van der Waals surface area contributed by atoms with Gasteiger partial charge in [0.2, 0.25) is 0 Å². The molecule has 0 spiro atoms. The molecular formula is C18H26N6. The maximum atomic E-state index is 9.42. The molecule has 3 heterocycles. The van der Waals surface area contributed by atoms with Gasteiger partial charge in [-0.3, -0.25) is 4.40 Å². The second-order valence-corrected chi connectivity index (χ2v) is 6.57. The lowest BCUT2D eigenvalue weighted by molar-refractivity contribution is 0.126. The van der Waals surface area contributed by atoms with E-state index in [4.69, 9.17) is 0 Å². The molecule has 0 aliphatic carbocycles. The first kappa shape index (κ1) is 16.7. The fourth-order valence-corrected chi connectivity index (χ4v) is 3.29. The van der Waals surface area contributed by atoms with Crippen molar-refractivity contribution < 1.29 is 0 Å². The third-order valence-electron chi connectivity index (χ3n) is 4.74. The first-order valence-corrected chi connectivity index (χ1v) is 8.77. The SMILES string of the molecule is CCN1CCN(CC(C)CNc2nc3ccccn3c2C#N)CC1. The van der Waals surface area contributed by atoms with Crippen LogP contribution in [0.15, 0.2) is 24.4 Å². The summed E-state index contributed by atoms with van der Waals surface area (Å²) in [7, 11) is 0. The van der Waals surface area contributed by atoms with E-state index in [1.54, 1.807) is 0 Å². The highest BCUT2D eigenvalue weighted by Crippen LogP contribution is 2.17. The van der Waals surface area contributed by atoms with Gasteiger partial charge in [-0.05, 0) is 24.6 Å². The van der Waals surface area contributed by atoms with E-state index in [2.05, 4.69) is 40.0 Å². The number of nitrogens with one attached hydrogen (secondary N) is 1. The topological polar surface area (TPSA) is 59.6 Å². The van der Waals surface area contributed by atoms with Crippen LogP contribution in [0.1, 0.15) is 19.5 Å². The third kappa shape index (κ3) is 3.69. The second kappa shape index (κ2) is 7.65. The number of hydrogen-bond acceptors (Lipinski definition) is 5. The van der Waals surface area contributed by atoms with Crippen LogP contribution in [0.2, 0.25) is 0 Å². The van der Waals surface area contributed by atoms with E-state index in [1.165, 1.54) is 13.1 Å². The minimum Gasteiger partial charge on any atom is -0.367 e. The summed E-state index contributed by atoms with van der Waals surface area (Å²) in [6, 6.07) is 8.03. The van der Waals surface area contributed by atoms with Crippen LogP contribution in [0.4, 0.5) is 5.82 Å². The summed E-state index contributed by atoms with van der Waals surface area (Å²) in [4.78, 5) is 9.56. The smallest absolute Gasteiger partial charge is 0.168 e. The highest BCUT2D eigenvalue weighted by Gasteiger charge is 2.18. The van der Waals surface area contributed by atoms with Crippen LogP contribution in [-0.2, 0) is 0 Å². The van der Waals surface area contributed by atoms with E-state index < -0.39 is 0 Å². The number of hydrogen-bond donors (Lipinski definition) is 1. The summed E-state index contributed by atoms with van der Waals surface area (Å²) in [6.07, 6.45) is 1.88. The molecule has 0 amide bonds. The molecule has 0 radical (unpaired) electrons. The highest BCUT2D eigenvalue weighted by molar-refractivity contribution is 5.58. The van der Waals surface area contributed by atoms with E-state index in [0.29, 0.717) is 17.4 Å². The summed E-state index contributed by atoms with van der Waals surface area (Å²) in [5, 5.41) is 12.8. The molecule has 6 heteroatoms. The lowest BCUT2D eigenvalue weighted by Crippen LogP contribution is -2.47. The first-order valence-electron chi connectivity index (χ1n) is 8.77. The molecule has 1 aliphatic heterocycles. The quantitative estimate of drug-likeness (QED) is 0.878. The Labute approximate surface area is 143 Å². The Balaban J connectivity index is 1.55. The van der Waals surface area contributed by atoms with Gasteiger partial charge in [0.05, 0.1) is 0 Å². The zero-order chi connectivity index (χ0) is 16.9. The number of nitrogens with zero attached hydrogens (tertiary/aromatic N) is 5. The minimum absolute atomic E-state index is 0.509. The second-order valence-electron chi connectivity index (χ2n) is 6.57. The van der Waals surface area contributed by atoms with E-state index in [-0.39, 0.29) is 0 Å². The molecule has 128 valence electrons. The number of rotatable bonds is 6. The summed E-state index contributed by atoms with van der Waals surface area (Å²) >= 11 is 0. The Morgan fingerprint density at radius 3 is 2.71 bits per heavy atom. The molecule has 6 nitrogen and oxygen atoms in total. The molecule has 1 aliphatic rings. The predicted octanol–water partition coefficient (Wildman–Crippen LogP) is 1.89. The molecule has 1 atom stereocenters. The number of nitriles is 1. The minimum atomic E-state index is 0.509. The Kier molecular flexibility index (Phi) is 5.34. The van der Waals surface area contributed by atoms with Gasteiger partial charge >= 0.3 is 0 Å². The molecule has 0 bridgehead atoms. The van der Waals surface area contributed by atoms with Gasteiger partial charge in [-0.1, -0.05) is 19.9 Å². The molecule has 1 fully saturated rings. The molecule has 2 aromatic rings. The van der Waals surface area contributed by atoms with Crippen LogP contribution in [0.5, 0.6) is 0 Å². The fourth-order valence-electron chi connectivity index (χ4n) is 3.29. The molecule has 1 unspecified atom stereocenters. The van der Waals surface area contributed by atoms with Crippen molar-refractivity contribution in [3.8, 4) is 6.07 Å². The van der Waals surface area contributed by atoms with E-state index in [1.807, 2.05) is 28.8 Å². The summed E-state index contributed by atoms with van der Waals surface area (Å²) in [5.41, 5.74) is 1.38. The van der Waals surface area contributed by atoms with Crippen molar-refractivity contribution in [1.29, 1.82) is 5.26 Å². The lowest BCUT2D eigenvalue weighted by atomic mass is 10.1. The maximum absolute atomic E-state index is 9.42. The van der Waals surface area contributed by atoms with Gasteiger partial charge in [0, 0.05) is 45.5 Å². The van der Waals surface area contributed by atoms with E-state index in [0.717, 1.165) is 38.4 Å². The van der Waals surface area contributed by atoms with Crippen molar-refractivity contribution in [3.05, 3.63) is 30.1 Å². The van der Waals surface area contributed by atoms with Crippen LogP contribution >= 0.6 is 0 Å². The van der Waals surface area contributed by atoms with Crippen LogP contribution in [0.3, 0.4) is 0 Å². The summed E-state index contributed by atoms with van der Waals surface area (Å²) in [6.45, 7) is 12.2. The number of piperazine rings is 1. The Morgan fingerprint density at radius 1 is 1.25 bits per heavy atom. The lowest BCUT2D eigenvalue weighted by Gasteiger charge is -2.35. The van der Waals surface area contributed by atoms with Gasteiger partial charge in [-0.2, -0.15) is 5.26 Å². The van der Waals surface area contributed by atoms with Crippen molar-refractivity contribution in [2.45, 2.75) is 13.8 Å². The van der Waals surface area contributed by atoms with Gasteiger partial charge in [0.1, 0.15) is 11.7 Å². The van der Waals surface area contributed by atoms with Crippen molar-refractivity contribution in [2.24, 2.45) is 5.92 Å². The number of imidazole rings is 1. The van der Waals surface area contributed by atoms with E-state index >= 15 is 0 Å². The Morgan fingerprint density at radius 2 is 2.00 bits per heavy atom. The average molecular weight is 326 g/mol. The Hall–Kier alpha value is -2.10. The van der Waals surface area contributed by atoms with Crippen LogP contribution in [-0.4, -0.2) is 65.0 Å². The van der Waals surface area contributed by atoms with Crippen LogP contribution in [0.25, 0.3) is 5.65 Å². The number of anilines is 1. The predicted molar refractivity (Wildman–Crippen MR) is 96.1 cm³/mol. The van der Waals surface area contributed by atoms with Gasteiger partial charge in [0.15, 0.2) is 11.5 Å². The molecular weight excluding hydrogens is 300 g/mol. The van der Waals surface area contributed by atoms with Crippen molar-refractivity contribution in [3.63, 3.8) is 0 Å². The van der Waals surface area contributed by atoms with Crippen LogP contribution in [0, 0.1) is 17.2 Å². The molecule has 24 heavy (non-hydrogen) atoms. The number of aromatic nitrogens is 2. The van der Waals surface area contributed by atoms with E-state index in [9.17, 15) is 5.26 Å². The van der Waals surface area contributed by atoms with Gasteiger partial charge in [-0.15, -0.1) is 0 Å². The maximum Gasteiger partial charge on any atom is 0.168 e. The number of pyridine rings is 1. The Bertz CT molecular complexity index is 708. The summed E-state index contributed by atoms with van der Waals surface area (Å²) in [5.74, 6) is 1.20. The molecule has 1 saturated heterocycles. The zero-order valence-corrected chi connectivity index (χ0v) is 14.6. The molecule has 3 rings (SSSR count). The first-order chi connectivity index (χ1) is 11.7. The molecule has 1 N–H and O–H groups in total. The van der Waals surface area contributed by atoms with Crippen molar-refractivity contribution >= 4 is 11.5 Å². The normalized spacial score (nSPS) is 17.7. The highest BCUT2D eigenvalue weighted by atomic mass is 15.3. The molecule has 0 aromatic carbocycles. The average Bonchev–Trinajstić information content (AvgIpc) is 2.98. The van der Waals surface area contributed by atoms with Crippen LogP contribution < -0.4 is 5.32 Å². The van der Waals surface area contributed by atoms with Crippen molar-refractivity contribution in [1.82, 2.24) is 19.2 Å². The summed E-state index contributed by atoms with van der Waals surface area (Å²) < 4.78 is 1.83. The molecule has 0 saturated carbocycles. The van der Waals surface area contributed by atoms with Gasteiger partial charge < -0.3 is 15.1 Å². The third-order valence-corrected chi connectivity index (χ3v) is 4.74. The zero-order valence-electron chi connectivity index (χ0n) is 14.6. The monoisotopic (exact) mass is 326 g/mol. The standard InChI is InChI=1S/C18H26N6/c1-3-22-8-10-23(11-9-22)14-15(2)13-20-18-16(12-19)24-7-5-4-6-17(24)21-18/h4-7,15,20H,3,8-11,13-14H2,1-2H3. The fraction of sp³-hybridized carbons (Fsp3) is 0.556. The van der Waals surface area contributed by atoms with Crippen molar-refractivity contribution in [2.75, 3.05) is 51.1 Å². The largest absolute Gasteiger partial charge is 0.367 e. The number of likely N-dealkylation sites (N-methyl/N-ethyl adjacent to an activating group) is 1. The van der Waals surface area contributed by atoms with Gasteiger partial charge in [-0.25, -0.2) is 4.98 Å². The molecule has 2 aromatic heterocycles.